The van der Waals surface area contributed by atoms with Crippen LogP contribution >= 0.6 is 22.9 Å². The molecule has 1 aliphatic heterocycles. The molecule has 0 bridgehead atoms. The molecule has 0 aliphatic carbocycles. The monoisotopic (exact) mass is 295 g/mol. The maximum atomic E-state index is 6.20. The number of likely N-dealkylation sites (tertiary alicyclic amines) is 1. The number of nitrogens with zero attached hydrogens (tertiary/aromatic N) is 3. The number of rotatable bonds is 4. The Balaban J connectivity index is 1.71. The minimum Gasteiger partial charge on any atom is -0.296 e. The van der Waals surface area contributed by atoms with Crippen LogP contribution in [0.3, 0.4) is 0 Å². The van der Waals surface area contributed by atoms with Crippen LogP contribution < -0.4 is 0 Å². The maximum Gasteiger partial charge on any atom is 0.145 e. The third-order valence-electron chi connectivity index (χ3n) is 3.76. The van der Waals surface area contributed by atoms with Crippen LogP contribution in [-0.4, -0.2) is 28.0 Å². The van der Waals surface area contributed by atoms with E-state index < -0.39 is 0 Å². The summed E-state index contributed by atoms with van der Waals surface area (Å²) in [5.41, 5.74) is 0. The third kappa shape index (κ3) is 2.91. The second kappa shape index (κ2) is 5.73. The van der Waals surface area contributed by atoms with E-state index >= 15 is 0 Å². The molecule has 0 radical (unpaired) electrons. The highest BCUT2D eigenvalue weighted by Gasteiger charge is 2.22. The van der Waals surface area contributed by atoms with Gasteiger partial charge in [0, 0.05) is 11.9 Å². The van der Waals surface area contributed by atoms with Crippen molar-refractivity contribution < 1.29 is 0 Å². The predicted molar refractivity (Wildman–Crippen MR) is 80.7 cm³/mol. The highest BCUT2D eigenvalue weighted by molar-refractivity contribution is 7.16. The lowest BCUT2D eigenvalue weighted by Gasteiger charge is -2.14. The summed E-state index contributed by atoms with van der Waals surface area (Å²) in [7, 11) is 0. The fraction of sp³-hybridized carbons (Fsp3) is 0.571. The molecular weight excluding hydrogens is 278 g/mol. The fourth-order valence-corrected chi connectivity index (χ4v) is 3.92. The van der Waals surface area contributed by atoms with Crippen molar-refractivity contribution >= 4 is 33.2 Å². The number of fused-ring (bicyclic) bond motifs is 1. The summed E-state index contributed by atoms with van der Waals surface area (Å²) in [4.78, 5) is 12.5. The van der Waals surface area contributed by atoms with Crippen LogP contribution in [0.5, 0.6) is 0 Å². The highest BCUT2D eigenvalue weighted by atomic mass is 35.5. The molecule has 3 rings (SSSR count). The molecule has 0 aromatic carbocycles. The molecule has 0 spiro atoms. The van der Waals surface area contributed by atoms with Crippen molar-refractivity contribution in [1.29, 1.82) is 0 Å². The Bertz CT molecular complexity index is 569. The van der Waals surface area contributed by atoms with Crippen LogP contribution in [0.2, 0.25) is 5.15 Å². The van der Waals surface area contributed by atoms with Gasteiger partial charge >= 0.3 is 0 Å². The molecule has 1 unspecified atom stereocenters. The third-order valence-corrected chi connectivity index (χ3v) is 4.85. The zero-order valence-corrected chi connectivity index (χ0v) is 12.7. The van der Waals surface area contributed by atoms with E-state index in [0.29, 0.717) is 5.15 Å². The lowest BCUT2D eigenvalue weighted by Crippen LogP contribution is -2.21. The molecule has 2 aromatic rings. The number of halogens is 1. The van der Waals surface area contributed by atoms with E-state index in [1.807, 2.05) is 11.4 Å². The van der Waals surface area contributed by atoms with E-state index in [2.05, 4.69) is 21.8 Å². The van der Waals surface area contributed by atoms with Crippen LogP contribution in [0.1, 0.15) is 32.0 Å². The first-order valence-electron chi connectivity index (χ1n) is 6.88. The Hall–Kier alpha value is -0.710. The fourth-order valence-electron chi connectivity index (χ4n) is 2.83. The van der Waals surface area contributed by atoms with Gasteiger partial charge in [0.2, 0.25) is 0 Å². The zero-order valence-electron chi connectivity index (χ0n) is 11.1. The standard InChI is InChI=1S/C14H18ClN3S/c1-2-3-10-4-6-18(8-10)9-12-16-13(15)11-5-7-19-14(11)17-12/h5,7,10H,2-4,6,8-9H2,1H3. The van der Waals surface area contributed by atoms with Gasteiger partial charge < -0.3 is 0 Å². The summed E-state index contributed by atoms with van der Waals surface area (Å²) in [5.74, 6) is 1.71. The molecular formula is C14H18ClN3S. The summed E-state index contributed by atoms with van der Waals surface area (Å²) in [6, 6.07) is 1.99. The Morgan fingerprint density at radius 2 is 2.37 bits per heavy atom. The van der Waals surface area contributed by atoms with E-state index in [1.54, 1.807) is 11.3 Å². The van der Waals surface area contributed by atoms with E-state index in [9.17, 15) is 0 Å². The Kier molecular flexibility index (Phi) is 4.01. The van der Waals surface area contributed by atoms with Crippen molar-refractivity contribution in [3.63, 3.8) is 0 Å². The van der Waals surface area contributed by atoms with E-state index in [0.717, 1.165) is 35.0 Å². The molecule has 19 heavy (non-hydrogen) atoms. The van der Waals surface area contributed by atoms with E-state index in [1.165, 1.54) is 25.8 Å². The highest BCUT2D eigenvalue weighted by Crippen LogP contribution is 2.26. The Morgan fingerprint density at radius 3 is 3.21 bits per heavy atom. The number of thiophene rings is 1. The summed E-state index contributed by atoms with van der Waals surface area (Å²) in [5, 5.41) is 3.58. The Morgan fingerprint density at radius 1 is 1.47 bits per heavy atom. The topological polar surface area (TPSA) is 29.0 Å². The van der Waals surface area contributed by atoms with Gasteiger partial charge in [-0.15, -0.1) is 11.3 Å². The molecule has 1 aliphatic rings. The molecule has 102 valence electrons. The summed E-state index contributed by atoms with van der Waals surface area (Å²) < 4.78 is 0. The van der Waals surface area contributed by atoms with Gasteiger partial charge in [-0.1, -0.05) is 24.9 Å². The Labute approximate surface area is 122 Å². The predicted octanol–water partition coefficient (Wildman–Crippen LogP) is 3.97. The molecule has 1 atom stereocenters. The zero-order chi connectivity index (χ0) is 13.2. The van der Waals surface area contributed by atoms with Crippen LogP contribution in [0.15, 0.2) is 11.4 Å². The largest absolute Gasteiger partial charge is 0.296 e. The SMILES string of the molecule is CCCC1CCN(Cc2nc(Cl)c3ccsc3n2)C1. The molecule has 5 heteroatoms. The van der Waals surface area contributed by atoms with Crippen LogP contribution in [0.4, 0.5) is 0 Å². The van der Waals surface area contributed by atoms with Crippen LogP contribution in [-0.2, 0) is 6.54 Å². The minimum absolute atomic E-state index is 0.588. The molecule has 2 aromatic heterocycles. The van der Waals surface area contributed by atoms with Crippen molar-refractivity contribution in [2.24, 2.45) is 5.92 Å². The van der Waals surface area contributed by atoms with Gasteiger partial charge in [-0.25, -0.2) is 9.97 Å². The summed E-state index contributed by atoms with van der Waals surface area (Å²) >= 11 is 7.83. The van der Waals surface area contributed by atoms with E-state index in [-0.39, 0.29) is 0 Å². The van der Waals surface area contributed by atoms with Gasteiger partial charge in [0.1, 0.15) is 15.8 Å². The van der Waals surface area contributed by atoms with Gasteiger partial charge in [0.15, 0.2) is 0 Å². The van der Waals surface area contributed by atoms with Gasteiger partial charge in [-0.05, 0) is 36.8 Å². The normalized spacial score (nSPS) is 20.4. The van der Waals surface area contributed by atoms with Crippen LogP contribution in [0, 0.1) is 5.92 Å². The van der Waals surface area contributed by atoms with Crippen molar-refractivity contribution in [1.82, 2.24) is 14.9 Å². The van der Waals surface area contributed by atoms with Crippen LogP contribution in [0.25, 0.3) is 10.2 Å². The van der Waals surface area contributed by atoms with Crippen molar-refractivity contribution in [3.05, 3.63) is 22.4 Å². The van der Waals surface area contributed by atoms with Gasteiger partial charge in [-0.2, -0.15) is 0 Å². The second-order valence-electron chi connectivity index (χ2n) is 5.25. The molecule has 3 nitrogen and oxygen atoms in total. The first kappa shape index (κ1) is 13.3. The molecule has 0 amide bonds. The smallest absolute Gasteiger partial charge is 0.145 e. The quantitative estimate of drug-likeness (QED) is 0.799. The van der Waals surface area contributed by atoms with Gasteiger partial charge in [0.05, 0.1) is 6.54 Å². The molecule has 1 saturated heterocycles. The molecule has 1 fully saturated rings. The first-order chi connectivity index (χ1) is 9.26. The van der Waals surface area contributed by atoms with E-state index in [4.69, 9.17) is 11.6 Å². The number of aromatic nitrogens is 2. The molecule has 3 heterocycles. The average molecular weight is 296 g/mol. The average Bonchev–Trinajstić information content (AvgIpc) is 2.99. The molecule has 0 N–H and O–H groups in total. The maximum absolute atomic E-state index is 6.20. The number of hydrogen-bond donors (Lipinski definition) is 0. The lowest BCUT2D eigenvalue weighted by molar-refractivity contribution is 0.305. The minimum atomic E-state index is 0.588. The van der Waals surface area contributed by atoms with Crippen molar-refractivity contribution in [2.45, 2.75) is 32.7 Å². The second-order valence-corrected chi connectivity index (χ2v) is 6.50. The first-order valence-corrected chi connectivity index (χ1v) is 8.14. The van der Waals surface area contributed by atoms with Gasteiger partial charge in [-0.3, -0.25) is 4.90 Å². The van der Waals surface area contributed by atoms with Crippen molar-refractivity contribution in [3.8, 4) is 0 Å². The molecule has 0 saturated carbocycles. The lowest BCUT2D eigenvalue weighted by atomic mass is 10.0. The number of hydrogen-bond acceptors (Lipinski definition) is 4. The van der Waals surface area contributed by atoms with Crippen molar-refractivity contribution in [2.75, 3.05) is 13.1 Å². The summed E-state index contributed by atoms with van der Waals surface area (Å²) in [6.45, 7) is 5.43. The van der Waals surface area contributed by atoms with Gasteiger partial charge in [0.25, 0.3) is 0 Å². The summed E-state index contributed by atoms with van der Waals surface area (Å²) in [6.07, 6.45) is 3.92.